The van der Waals surface area contributed by atoms with Gasteiger partial charge in [-0.15, -0.1) is 0 Å². The summed E-state index contributed by atoms with van der Waals surface area (Å²) in [6.45, 7) is 0.301. The zero-order chi connectivity index (χ0) is 12.8. The molecule has 1 aromatic carbocycles. The molecule has 2 rings (SSSR count). The average molecular weight is 267 g/mol. The molecule has 1 aliphatic carbocycles. The molecule has 1 atom stereocenters. The molecule has 0 saturated heterocycles. The van der Waals surface area contributed by atoms with Crippen LogP contribution < -0.4 is 0 Å². The lowest BCUT2D eigenvalue weighted by molar-refractivity contribution is 0.209. The van der Waals surface area contributed by atoms with E-state index in [-0.39, 0.29) is 0 Å². The van der Waals surface area contributed by atoms with E-state index in [0.717, 1.165) is 23.8 Å². The second kappa shape index (κ2) is 7.16. The zero-order valence-corrected chi connectivity index (χ0v) is 11.7. The van der Waals surface area contributed by atoms with Gasteiger partial charge >= 0.3 is 0 Å². The van der Waals surface area contributed by atoms with Gasteiger partial charge in [0.25, 0.3) is 0 Å². The summed E-state index contributed by atoms with van der Waals surface area (Å²) in [5.41, 5.74) is 1.28. The Bertz CT molecular complexity index is 341. The van der Waals surface area contributed by atoms with Crippen LogP contribution in [0.15, 0.2) is 24.3 Å². The lowest BCUT2D eigenvalue weighted by Gasteiger charge is -2.16. The van der Waals surface area contributed by atoms with Crippen LogP contribution in [0, 0.1) is 11.8 Å². The summed E-state index contributed by atoms with van der Waals surface area (Å²) >= 11 is 5.88. The molecule has 1 unspecified atom stereocenters. The Morgan fingerprint density at radius 3 is 2.44 bits per heavy atom. The number of hydrogen-bond donors (Lipinski definition) is 1. The summed E-state index contributed by atoms with van der Waals surface area (Å²) < 4.78 is 0. The molecule has 1 nitrogen and oxygen atoms in total. The summed E-state index contributed by atoms with van der Waals surface area (Å²) in [4.78, 5) is 0. The van der Waals surface area contributed by atoms with Gasteiger partial charge in [0.1, 0.15) is 0 Å². The molecule has 18 heavy (non-hydrogen) atoms. The third-order valence-corrected chi connectivity index (χ3v) is 4.41. The highest BCUT2D eigenvalue weighted by atomic mass is 35.5. The quantitative estimate of drug-likeness (QED) is 0.806. The molecular weight excluding hydrogens is 244 g/mol. The van der Waals surface area contributed by atoms with E-state index in [1.54, 1.807) is 0 Å². The smallest absolute Gasteiger partial charge is 0.0462 e. The molecule has 0 aromatic heterocycles. The lowest BCUT2D eigenvalue weighted by atomic mass is 9.91. The van der Waals surface area contributed by atoms with Gasteiger partial charge < -0.3 is 5.11 Å². The Morgan fingerprint density at radius 2 is 1.83 bits per heavy atom. The summed E-state index contributed by atoms with van der Waals surface area (Å²) in [6, 6.07) is 8.01. The van der Waals surface area contributed by atoms with E-state index < -0.39 is 0 Å². The van der Waals surface area contributed by atoms with Crippen molar-refractivity contribution < 1.29 is 5.11 Å². The van der Waals surface area contributed by atoms with Crippen molar-refractivity contribution in [3.8, 4) is 0 Å². The fourth-order valence-corrected chi connectivity index (χ4v) is 3.11. The minimum atomic E-state index is 0.301. The Hall–Kier alpha value is -0.530. The first-order chi connectivity index (χ1) is 8.78. The van der Waals surface area contributed by atoms with Crippen LogP contribution in [0.2, 0.25) is 5.02 Å². The van der Waals surface area contributed by atoms with E-state index in [2.05, 4.69) is 12.1 Å². The number of hydrogen-bond acceptors (Lipinski definition) is 1. The molecule has 1 N–H and O–H groups in total. The van der Waals surface area contributed by atoms with Gasteiger partial charge in [-0.25, -0.2) is 0 Å². The maximum atomic E-state index is 9.49. The zero-order valence-electron chi connectivity index (χ0n) is 10.9. The minimum absolute atomic E-state index is 0.301. The Balaban J connectivity index is 1.79. The topological polar surface area (TPSA) is 20.2 Å². The third-order valence-electron chi connectivity index (χ3n) is 4.15. The molecular formula is C16H23ClO. The highest BCUT2D eigenvalue weighted by molar-refractivity contribution is 6.30. The first-order valence-electron chi connectivity index (χ1n) is 7.13. The molecule has 1 aromatic rings. The molecule has 0 amide bonds. The van der Waals surface area contributed by atoms with Crippen molar-refractivity contribution in [2.24, 2.45) is 11.8 Å². The predicted octanol–water partition coefficient (Wildman–Crippen LogP) is 4.46. The Labute approximate surface area is 115 Å². The highest BCUT2D eigenvalue weighted by Crippen LogP contribution is 2.30. The number of benzene rings is 1. The van der Waals surface area contributed by atoms with E-state index in [4.69, 9.17) is 11.6 Å². The van der Waals surface area contributed by atoms with Crippen molar-refractivity contribution in [2.75, 3.05) is 6.61 Å². The van der Waals surface area contributed by atoms with Crippen LogP contribution in [0.4, 0.5) is 0 Å². The molecule has 0 bridgehead atoms. The van der Waals surface area contributed by atoms with Crippen molar-refractivity contribution in [2.45, 2.75) is 44.9 Å². The molecule has 0 spiro atoms. The predicted molar refractivity (Wildman–Crippen MR) is 76.9 cm³/mol. The SMILES string of the molecule is OCC(CCC1CCCC1)Cc1ccc(Cl)cc1. The molecule has 0 heterocycles. The fourth-order valence-electron chi connectivity index (χ4n) is 2.98. The second-order valence-corrected chi connectivity index (χ2v) is 6.04. The molecule has 0 radical (unpaired) electrons. The van der Waals surface area contributed by atoms with E-state index in [1.165, 1.54) is 37.7 Å². The molecule has 1 saturated carbocycles. The highest BCUT2D eigenvalue weighted by Gasteiger charge is 2.17. The number of halogens is 1. The van der Waals surface area contributed by atoms with Gasteiger partial charge in [0.15, 0.2) is 0 Å². The number of aliphatic hydroxyl groups is 1. The molecule has 0 aliphatic heterocycles. The summed E-state index contributed by atoms with van der Waals surface area (Å²) in [6.07, 6.45) is 9.04. The molecule has 1 aliphatic rings. The van der Waals surface area contributed by atoms with Gasteiger partial charge in [0, 0.05) is 11.6 Å². The maximum Gasteiger partial charge on any atom is 0.0462 e. The van der Waals surface area contributed by atoms with Gasteiger partial charge in [-0.3, -0.25) is 0 Å². The first kappa shape index (κ1) is 13.9. The second-order valence-electron chi connectivity index (χ2n) is 5.61. The Morgan fingerprint density at radius 1 is 1.17 bits per heavy atom. The largest absolute Gasteiger partial charge is 0.396 e. The molecule has 2 heteroatoms. The third kappa shape index (κ3) is 4.29. The van der Waals surface area contributed by atoms with Crippen molar-refractivity contribution in [3.63, 3.8) is 0 Å². The van der Waals surface area contributed by atoms with Crippen molar-refractivity contribution in [1.29, 1.82) is 0 Å². The monoisotopic (exact) mass is 266 g/mol. The van der Waals surface area contributed by atoms with Crippen LogP contribution in [0.5, 0.6) is 0 Å². The minimum Gasteiger partial charge on any atom is -0.396 e. The van der Waals surface area contributed by atoms with Crippen molar-refractivity contribution >= 4 is 11.6 Å². The Kier molecular flexibility index (Phi) is 5.52. The van der Waals surface area contributed by atoms with Crippen LogP contribution in [0.1, 0.15) is 44.1 Å². The van der Waals surface area contributed by atoms with E-state index in [1.807, 2.05) is 12.1 Å². The van der Waals surface area contributed by atoms with Gasteiger partial charge in [0.2, 0.25) is 0 Å². The van der Waals surface area contributed by atoms with Crippen LogP contribution in [-0.4, -0.2) is 11.7 Å². The van der Waals surface area contributed by atoms with E-state index in [0.29, 0.717) is 12.5 Å². The van der Waals surface area contributed by atoms with E-state index >= 15 is 0 Å². The van der Waals surface area contributed by atoms with Gasteiger partial charge in [-0.05, 0) is 42.4 Å². The maximum absolute atomic E-state index is 9.49. The van der Waals surface area contributed by atoms with Crippen LogP contribution >= 0.6 is 11.6 Å². The number of aliphatic hydroxyl groups excluding tert-OH is 1. The van der Waals surface area contributed by atoms with Gasteiger partial charge in [-0.1, -0.05) is 55.8 Å². The van der Waals surface area contributed by atoms with E-state index in [9.17, 15) is 5.11 Å². The summed E-state index contributed by atoms with van der Waals surface area (Å²) in [7, 11) is 0. The van der Waals surface area contributed by atoms with Gasteiger partial charge in [-0.2, -0.15) is 0 Å². The standard InChI is InChI=1S/C16H23ClO/c17-16-9-7-14(8-10-16)11-15(12-18)6-5-13-3-1-2-4-13/h7-10,13,15,18H,1-6,11-12H2. The molecule has 100 valence electrons. The van der Waals surface area contributed by atoms with Crippen molar-refractivity contribution in [1.82, 2.24) is 0 Å². The average Bonchev–Trinajstić information content (AvgIpc) is 2.90. The van der Waals surface area contributed by atoms with Crippen LogP contribution in [0.25, 0.3) is 0 Å². The number of rotatable bonds is 6. The lowest BCUT2D eigenvalue weighted by Crippen LogP contribution is -2.11. The van der Waals surface area contributed by atoms with Crippen LogP contribution in [-0.2, 0) is 6.42 Å². The van der Waals surface area contributed by atoms with Crippen LogP contribution in [0.3, 0.4) is 0 Å². The van der Waals surface area contributed by atoms with Crippen molar-refractivity contribution in [3.05, 3.63) is 34.9 Å². The summed E-state index contributed by atoms with van der Waals surface area (Å²) in [5, 5.41) is 10.3. The first-order valence-corrected chi connectivity index (χ1v) is 7.51. The molecule has 1 fully saturated rings. The van der Waals surface area contributed by atoms with Gasteiger partial charge in [0.05, 0.1) is 0 Å². The summed E-state index contributed by atoms with van der Waals surface area (Å²) in [5.74, 6) is 1.33. The fraction of sp³-hybridized carbons (Fsp3) is 0.625. The normalized spacial score (nSPS) is 18.1.